The average Bonchev–Trinajstić information content (AvgIpc) is 2.37. The lowest BCUT2D eigenvalue weighted by molar-refractivity contribution is -0.121. The summed E-state index contributed by atoms with van der Waals surface area (Å²) >= 11 is 1.94. The highest BCUT2D eigenvalue weighted by molar-refractivity contribution is 7.99. The van der Waals surface area contributed by atoms with Crippen LogP contribution in [0.1, 0.15) is 32.6 Å². The lowest BCUT2D eigenvalue weighted by atomic mass is 9.95. The van der Waals surface area contributed by atoms with Crippen molar-refractivity contribution in [1.29, 1.82) is 0 Å². The number of methoxy groups -OCH3 is 1. The zero-order valence-corrected chi connectivity index (χ0v) is 12.5. The molecule has 106 valence electrons. The van der Waals surface area contributed by atoms with Crippen molar-refractivity contribution in [2.75, 3.05) is 26.5 Å². The highest BCUT2D eigenvalue weighted by Gasteiger charge is 2.21. The number of carbonyl (C=O) groups excluding carboxylic acids is 1. The van der Waals surface area contributed by atoms with Gasteiger partial charge in [-0.1, -0.05) is 6.42 Å². The average molecular weight is 274 g/mol. The van der Waals surface area contributed by atoms with Gasteiger partial charge in [-0.05, 0) is 32.4 Å². The summed E-state index contributed by atoms with van der Waals surface area (Å²) in [7, 11) is 1.64. The molecule has 0 heterocycles. The Labute approximate surface area is 115 Å². The number of amides is 1. The lowest BCUT2D eigenvalue weighted by Crippen LogP contribution is -2.45. The predicted octanol–water partition coefficient (Wildman–Crippen LogP) is 1.40. The minimum Gasteiger partial charge on any atom is -0.383 e. The van der Waals surface area contributed by atoms with Gasteiger partial charge < -0.3 is 15.4 Å². The highest BCUT2D eigenvalue weighted by Crippen LogP contribution is 2.26. The number of ether oxygens (including phenoxy) is 1. The minimum absolute atomic E-state index is 0.0609. The van der Waals surface area contributed by atoms with E-state index >= 15 is 0 Å². The van der Waals surface area contributed by atoms with Crippen LogP contribution in [0.25, 0.3) is 0 Å². The van der Waals surface area contributed by atoms with Crippen molar-refractivity contribution < 1.29 is 9.53 Å². The zero-order valence-electron chi connectivity index (χ0n) is 11.7. The van der Waals surface area contributed by atoms with Crippen LogP contribution < -0.4 is 10.6 Å². The largest absolute Gasteiger partial charge is 0.383 e. The molecule has 1 aliphatic carbocycles. The van der Waals surface area contributed by atoms with Gasteiger partial charge in [0.1, 0.15) is 0 Å². The number of rotatable bonds is 7. The monoisotopic (exact) mass is 274 g/mol. The van der Waals surface area contributed by atoms with Gasteiger partial charge in [0.05, 0.1) is 13.2 Å². The van der Waals surface area contributed by atoms with E-state index in [1.807, 2.05) is 18.7 Å². The maximum atomic E-state index is 11.7. The summed E-state index contributed by atoms with van der Waals surface area (Å²) in [4.78, 5) is 11.7. The van der Waals surface area contributed by atoms with Gasteiger partial charge in [0, 0.05) is 24.4 Å². The molecule has 1 rings (SSSR count). The van der Waals surface area contributed by atoms with E-state index in [1.54, 1.807) is 7.11 Å². The van der Waals surface area contributed by atoms with Crippen LogP contribution in [0.5, 0.6) is 0 Å². The van der Waals surface area contributed by atoms with Crippen molar-refractivity contribution >= 4 is 17.7 Å². The molecule has 0 radical (unpaired) electrons. The lowest BCUT2D eigenvalue weighted by Gasteiger charge is -2.28. The van der Waals surface area contributed by atoms with E-state index in [-0.39, 0.29) is 11.9 Å². The van der Waals surface area contributed by atoms with Crippen molar-refractivity contribution in [2.45, 2.75) is 49.9 Å². The summed E-state index contributed by atoms with van der Waals surface area (Å²) in [5, 5.41) is 7.04. The van der Waals surface area contributed by atoms with Crippen molar-refractivity contribution in [3.63, 3.8) is 0 Å². The molecule has 2 N–H and O–H groups in total. The Morgan fingerprint density at radius 1 is 1.50 bits per heavy atom. The molecule has 1 aliphatic rings. The maximum Gasteiger partial charge on any atom is 0.234 e. The van der Waals surface area contributed by atoms with Gasteiger partial charge in [-0.15, -0.1) is 0 Å². The first-order valence-corrected chi connectivity index (χ1v) is 7.99. The first-order valence-electron chi connectivity index (χ1n) is 6.70. The van der Waals surface area contributed by atoms with Crippen LogP contribution in [0.15, 0.2) is 0 Å². The second kappa shape index (κ2) is 8.77. The van der Waals surface area contributed by atoms with E-state index in [0.29, 0.717) is 19.2 Å². The fourth-order valence-corrected chi connectivity index (χ4v) is 3.23. The van der Waals surface area contributed by atoms with E-state index in [1.165, 1.54) is 25.7 Å². The van der Waals surface area contributed by atoms with Gasteiger partial charge >= 0.3 is 0 Å². The number of nitrogens with one attached hydrogen (secondary N) is 2. The third kappa shape index (κ3) is 6.07. The first kappa shape index (κ1) is 15.8. The maximum absolute atomic E-state index is 11.7. The van der Waals surface area contributed by atoms with Gasteiger partial charge in [0.25, 0.3) is 0 Å². The molecule has 5 heteroatoms. The molecule has 0 aromatic rings. The van der Waals surface area contributed by atoms with Gasteiger partial charge in [-0.3, -0.25) is 4.79 Å². The van der Waals surface area contributed by atoms with Crippen LogP contribution in [-0.4, -0.2) is 49.8 Å². The van der Waals surface area contributed by atoms with Crippen LogP contribution in [0.4, 0.5) is 0 Å². The van der Waals surface area contributed by atoms with Gasteiger partial charge in [0.15, 0.2) is 0 Å². The second-order valence-corrected chi connectivity index (χ2v) is 6.16. The van der Waals surface area contributed by atoms with E-state index in [4.69, 9.17) is 4.74 Å². The molecule has 0 spiro atoms. The van der Waals surface area contributed by atoms with Gasteiger partial charge in [-0.2, -0.15) is 11.8 Å². The fourth-order valence-electron chi connectivity index (χ4n) is 2.40. The Morgan fingerprint density at radius 2 is 2.28 bits per heavy atom. The molecule has 0 aromatic heterocycles. The van der Waals surface area contributed by atoms with Crippen molar-refractivity contribution in [1.82, 2.24) is 10.6 Å². The van der Waals surface area contributed by atoms with Crippen LogP contribution in [0.2, 0.25) is 0 Å². The molecule has 1 fully saturated rings. The van der Waals surface area contributed by atoms with Crippen LogP contribution in [0.3, 0.4) is 0 Å². The molecule has 0 aliphatic heterocycles. The van der Waals surface area contributed by atoms with Crippen molar-refractivity contribution in [2.24, 2.45) is 0 Å². The summed E-state index contributed by atoms with van der Waals surface area (Å²) in [6.07, 6.45) is 7.13. The number of hydrogen-bond acceptors (Lipinski definition) is 4. The highest BCUT2D eigenvalue weighted by atomic mass is 32.2. The molecule has 1 saturated carbocycles. The molecule has 0 bridgehead atoms. The standard InChI is InChI=1S/C13H26N2O2S/c1-10(9-17-2)15-13(16)8-14-11-5-4-6-12(7-11)18-3/h10-12,14H,4-9H2,1-3H3,(H,15,16). The molecular weight excluding hydrogens is 248 g/mol. The first-order chi connectivity index (χ1) is 8.65. The second-order valence-electron chi connectivity index (χ2n) is 5.03. The smallest absolute Gasteiger partial charge is 0.234 e. The predicted molar refractivity (Wildman–Crippen MR) is 77.0 cm³/mol. The molecule has 18 heavy (non-hydrogen) atoms. The Hall–Kier alpha value is -0.260. The SMILES string of the molecule is COCC(C)NC(=O)CNC1CCCC(SC)C1. The molecule has 1 amide bonds. The number of carbonyl (C=O) groups is 1. The Balaban J connectivity index is 2.17. The Bertz CT molecular complexity index is 251. The Morgan fingerprint density at radius 3 is 2.94 bits per heavy atom. The summed E-state index contributed by atoms with van der Waals surface area (Å²) in [6, 6.07) is 0.578. The summed E-state index contributed by atoms with van der Waals surface area (Å²) in [5.74, 6) is 0.0609. The van der Waals surface area contributed by atoms with E-state index < -0.39 is 0 Å². The van der Waals surface area contributed by atoms with Gasteiger partial charge in [0.2, 0.25) is 5.91 Å². The molecule has 0 saturated heterocycles. The third-order valence-electron chi connectivity index (χ3n) is 3.33. The van der Waals surface area contributed by atoms with Crippen molar-refractivity contribution in [3.8, 4) is 0 Å². The third-order valence-corrected chi connectivity index (χ3v) is 4.43. The molecule has 3 unspecified atom stereocenters. The molecule has 0 aromatic carbocycles. The van der Waals surface area contributed by atoms with E-state index in [0.717, 1.165) is 5.25 Å². The van der Waals surface area contributed by atoms with E-state index in [9.17, 15) is 4.79 Å². The topological polar surface area (TPSA) is 50.4 Å². The minimum atomic E-state index is 0.0609. The Kier molecular flexibility index (Phi) is 7.70. The number of thioether (sulfide) groups is 1. The quantitative estimate of drug-likeness (QED) is 0.737. The summed E-state index contributed by atoms with van der Waals surface area (Å²) in [6.45, 7) is 2.93. The normalized spacial score (nSPS) is 25.7. The molecular formula is C13H26N2O2S. The van der Waals surface area contributed by atoms with Crippen LogP contribution in [0, 0.1) is 0 Å². The van der Waals surface area contributed by atoms with Crippen molar-refractivity contribution in [3.05, 3.63) is 0 Å². The fraction of sp³-hybridized carbons (Fsp3) is 0.923. The van der Waals surface area contributed by atoms with Crippen LogP contribution in [-0.2, 0) is 9.53 Å². The van der Waals surface area contributed by atoms with E-state index in [2.05, 4.69) is 16.9 Å². The summed E-state index contributed by atoms with van der Waals surface area (Å²) in [5.41, 5.74) is 0. The van der Waals surface area contributed by atoms with Gasteiger partial charge in [-0.25, -0.2) is 0 Å². The molecule has 3 atom stereocenters. The zero-order chi connectivity index (χ0) is 13.4. The van der Waals surface area contributed by atoms with Crippen LogP contribution >= 0.6 is 11.8 Å². The summed E-state index contributed by atoms with van der Waals surface area (Å²) < 4.78 is 4.99. The number of hydrogen-bond donors (Lipinski definition) is 2. The molecule has 4 nitrogen and oxygen atoms in total.